The van der Waals surface area contributed by atoms with Gasteiger partial charge in [-0.3, -0.25) is 0 Å². The van der Waals surface area contributed by atoms with Crippen LogP contribution < -0.4 is 0 Å². The first-order valence-corrected chi connectivity index (χ1v) is 6.84. The first-order valence-electron chi connectivity index (χ1n) is 6.84. The van der Waals surface area contributed by atoms with Gasteiger partial charge >= 0.3 is 0 Å². The van der Waals surface area contributed by atoms with Crippen LogP contribution in [0, 0.1) is 5.82 Å². The Morgan fingerprint density at radius 3 is 1.79 bits per heavy atom. The fourth-order valence-corrected chi connectivity index (χ4v) is 2.73. The van der Waals surface area contributed by atoms with Gasteiger partial charge in [-0.05, 0) is 33.4 Å². The molecule has 2 aromatic rings. The second-order valence-corrected chi connectivity index (χ2v) is 7.33. The highest BCUT2D eigenvalue weighted by molar-refractivity contribution is 5.88. The van der Waals surface area contributed by atoms with Crippen molar-refractivity contribution in [1.82, 2.24) is 0 Å². The lowest BCUT2D eigenvalue weighted by atomic mass is 9.73. The second-order valence-electron chi connectivity index (χ2n) is 7.33. The number of hydrogen-bond acceptors (Lipinski definition) is 0. The molecule has 0 aliphatic rings. The van der Waals surface area contributed by atoms with Crippen LogP contribution in [0.15, 0.2) is 30.3 Å². The van der Waals surface area contributed by atoms with Crippen LogP contribution in [0.3, 0.4) is 0 Å². The molecule has 19 heavy (non-hydrogen) atoms. The molecule has 0 amide bonds. The lowest BCUT2D eigenvalue weighted by molar-refractivity contribution is 0.527. The molecule has 1 heteroatoms. The maximum absolute atomic E-state index is 14.3. The van der Waals surface area contributed by atoms with E-state index in [1.165, 1.54) is 5.56 Å². The minimum absolute atomic E-state index is 0.00405. The van der Waals surface area contributed by atoms with E-state index in [-0.39, 0.29) is 16.6 Å². The van der Waals surface area contributed by atoms with Crippen molar-refractivity contribution in [3.8, 4) is 0 Å². The summed E-state index contributed by atoms with van der Waals surface area (Å²) in [6.45, 7) is 13.0. The average molecular weight is 258 g/mol. The van der Waals surface area contributed by atoms with E-state index >= 15 is 0 Å². The number of benzene rings is 2. The second kappa shape index (κ2) is 4.33. The Labute approximate surface area is 115 Å². The van der Waals surface area contributed by atoms with Gasteiger partial charge in [-0.15, -0.1) is 0 Å². The van der Waals surface area contributed by atoms with E-state index in [1.54, 1.807) is 6.07 Å². The largest absolute Gasteiger partial charge is 0.206 e. The highest BCUT2D eigenvalue weighted by Crippen LogP contribution is 2.39. The fourth-order valence-electron chi connectivity index (χ4n) is 2.73. The molecule has 0 aromatic heterocycles. The first-order chi connectivity index (χ1) is 8.62. The van der Waals surface area contributed by atoms with E-state index < -0.39 is 0 Å². The van der Waals surface area contributed by atoms with Gasteiger partial charge in [0, 0.05) is 5.39 Å². The molecule has 0 saturated carbocycles. The van der Waals surface area contributed by atoms with E-state index in [1.807, 2.05) is 24.3 Å². The normalized spacial score (nSPS) is 13.0. The summed E-state index contributed by atoms with van der Waals surface area (Å²) in [5, 5.41) is 1.76. The highest BCUT2D eigenvalue weighted by Gasteiger charge is 2.28. The molecule has 0 nitrogen and oxygen atoms in total. The Morgan fingerprint density at radius 2 is 1.32 bits per heavy atom. The molecule has 0 heterocycles. The van der Waals surface area contributed by atoms with Crippen molar-refractivity contribution in [3.05, 3.63) is 47.3 Å². The fraction of sp³-hybridized carbons (Fsp3) is 0.444. The maximum atomic E-state index is 14.3. The van der Waals surface area contributed by atoms with Crippen molar-refractivity contribution in [1.29, 1.82) is 0 Å². The van der Waals surface area contributed by atoms with Crippen molar-refractivity contribution < 1.29 is 4.39 Å². The summed E-state index contributed by atoms with van der Waals surface area (Å²) in [5.74, 6) is -0.117. The molecule has 2 rings (SSSR count). The minimum atomic E-state index is -0.117. The van der Waals surface area contributed by atoms with Crippen molar-refractivity contribution >= 4 is 10.8 Å². The van der Waals surface area contributed by atoms with Crippen molar-refractivity contribution in [2.45, 2.75) is 52.4 Å². The van der Waals surface area contributed by atoms with Crippen molar-refractivity contribution in [3.63, 3.8) is 0 Å². The molecule has 102 valence electrons. The molecule has 2 aromatic carbocycles. The monoisotopic (exact) mass is 258 g/mol. The van der Waals surface area contributed by atoms with E-state index in [2.05, 4.69) is 41.5 Å². The summed E-state index contributed by atoms with van der Waals surface area (Å²) < 4.78 is 14.3. The molecule has 0 unspecified atom stereocenters. The minimum Gasteiger partial charge on any atom is -0.206 e. The molecule has 0 atom stereocenters. The zero-order valence-corrected chi connectivity index (χ0v) is 12.8. The number of rotatable bonds is 0. The SMILES string of the molecule is CC(C)(C)c1cc(F)c2ccccc2c1C(C)(C)C. The summed E-state index contributed by atoms with van der Waals surface area (Å²) in [6, 6.07) is 9.52. The molecular weight excluding hydrogens is 235 g/mol. The van der Waals surface area contributed by atoms with Gasteiger partial charge < -0.3 is 0 Å². The van der Waals surface area contributed by atoms with Gasteiger partial charge in [0.25, 0.3) is 0 Å². The van der Waals surface area contributed by atoms with E-state index in [0.717, 1.165) is 16.3 Å². The summed E-state index contributed by atoms with van der Waals surface area (Å²) in [6.07, 6.45) is 0. The van der Waals surface area contributed by atoms with Gasteiger partial charge in [0.2, 0.25) is 0 Å². The summed E-state index contributed by atoms with van der Waals surface area (Å²) in [5.41, 5.74) is 2.30. The zero-order chi connectivity index (χ0) is 14.4. The molecule has 0 spiro atoms. The lowest BCUT2D eigenvalue weighted by Gasteiger charge is -2.31. The van der Waals surface area contributed by atoms with Crippen molar-refractivity contribution in [2.24, 2.45) is 0 Å². The van der Waals surface area contributed by atoms with E-state index in [4.69, 9.17) is 0 Å². The smallest absolute Gasteiger partial charge is 0.131 e. The molecule has 0 radical (unpaired) electrons. The van der Waals surface area contributed by atoms with Crippen LogP contribution in [-0.4, -0.2) is 0 Å². The first kappa shape index (κ1) is 14.0. The molecule has 0 N–H and O–H groups in total. The topological polar surface area (TPSA) is 0 Å². The van der Waals surface area contributed by atoms with Crippen LogP contribution in [0.2, 0.25) is 0 Å². The molecule has 0 saturated heterocycles. The Balaban J connectivity index is 2.98. The summed E-state index contributed by atoms with van der Waals surface area (Å²) >= 11 is 0. The number of halogens is 1. The van der Waals surface area contributed by atoms with Gasteiger partial charge in [0.15, 0.2) is 0 Å². The van der Waals surface area contributed by atoms with Crippen LogP contribution in [0.5, 0.6) is 0 Å². The summed E-state index contributed by atoms with van der Waals surface area (Å²) in [7, 11) is 0. The van der Waals surface area contributed by atoms with E-state index in [9.17, 15) is 4.39 Å². The third-order valence-corrected chi connectivity index (χ3v) is 3.55. The Bertz CT molecular complexity index is 610. The van der Waals surface area contributed by atoms with Crippen LogP contribution in [0.25, 0.3) is 10.8 Å². The maximum Gasteiger partial charge on any atom is 0.131 e. The number of hydrogen-bond donors (Lipinski definition) is 0. The quantitative estimate of drug-likeness (QED) is 0.579. The predicted octanol–water partition coefficient (Wildman–Crippen LogP) is 5.57. The third kappa shape index (κ3) is 2.51. The Kier molecular flexibility index (Phi) is 3.20. The predicted molar refractivity (Wildman–Crippen MR) is 81.3 cm³/mol. The van der Waals surface area contributed by atoms with Crippen LogP contribution in [0.4, 0.5) is 4.39 Å². The van der Waals surface area contributed by atoms with Gasteiger partial charge in [0.05, 0.1) is 0 Å². The van der Waals surface area contributed by atoms with Crippen LogP contribution in [0.1, 0.15) is 52.7 Å². The molecule has 0 fully saturated rings. The number of fused-ring (bicyclic) bond motifs is 1. The van der Waals surface area contributed by atoms with Crippen LogP contribution in [-0.2, 0) is 10.8 Å². The highest BCUT2D eigenvalue weighted by atomic mass is 19.1. The van der Waals surface area contributed by atoms with Gasteiger partial charge in [-0.2, -0.15) is 0 Å². The van der Waals surface area contributed by atoms with Crippen molar-refractivity contribution in [2.75, 3.05) is 0 Å². The lowest BCUT2D eigenvalue weighted by Crippen LogP contribution is -2.22. The molecule has 0 bridgehead atoms. The molecular formula is C18H23F. The van der Waals surface area contributed by atoms with Gasteiger partial charge in [0.1, 0.15) is 5.82 Å². The standard InChI is InChI=1S/C18H23F/c1-17(2,3)14-11-15(19)12-9-7-8-10-13(12)16(14)18(4,5)6/h7-11H,1-6H3. The van der Waals surface area contributed by atoms with Gasteiger partial charge in [-0.25, -0.2) is 4.39 Å². The Morgan fingerprint density at radius 1 is 0.789 bits per heavy atom. The zero-order valence-electron chi connectivity index (χ0n) is 12.8. The average Bonchev–Trinajstić information content (AvgIpc) is 2.26. The van der Waals surface area contributed by atoms with Gasteiger partial charge in [-0.1, -0.05) is 65.8 Å². The Hall–Kier alpha value is -1.37. The van der Waals surface area contributed by atoms with Crippen LogP contribution >= 0.6 is 0 Å². The summed E-state index contributed by atoms with van der Waals surface area (Å²) in [4.78, 5) is 0. The van der Waals surface area contributed by atoms with E-state index in [0.29, 0.717) is 0 Å². The molecule has 0 aliphatic heterocycles. The molecule has 0 aliphatic carbocycles. The third-order valence-electron chi connectivity index (χ3n) is 3.55.